The van der Waals surface area contributed by atoms with Gasteiger partial charge in [0.25, 0.3) is 0 Å². The first kappa shape index (κ1) is 21.8. The third-order valence-electron chi connectivity index (χ3n) is 4.69. The summed E-state index contributed by atoms with van der Waals surface area (Å²) < 4.78 is 30.5. The summed E-state index contributed by atoms with van der Waals surface area (Å²) in [6.07, 6.45) is 1.79. The first-order valence-corrected chi connectivity index (χ1v) is 11.4. The zero-order valence-corrected chi connectivity index (χ0v) is 18.3. The summed E-state index contributed by atoms with van der Waals surface area (Å²) in [5.74, 6) is -0.710. The Hall–Kier alpha value is -3.46. The van der Waals surface area contributed by atoms with Crippen LogP contribution in [0.5, 0.6) is 0 Å². The predicted molar refractivity (Wildman–Crippen MR) is 121 cm³/mol. The highest BCUT2D eigenvalue weighted by molar-refractivity contribution is 7.89. The van der Waals surface area contributed by atoms with Gasteiger partial charge in [-0.1, -0.05) is 60.1 Å². The van der Waals surface area contributed by atoms with Crippen LogP contribution in [0.3, 0.4) is 0 Å². The largest absolute Gasteiger partial charge is 0.457 e. The quantitative estimate of drug-likeness (QED) is 0.428. The van der Waals surface area contributed by atoms with E-state index in [9.17, 15) is 13.2 Å². The number of carbonyl (C=O) groups is 1. The second kappa shape index (κ2) is 8.96. The standard InChI is InChI=1S/C23H18ClN3O4S/c24-20-12-11-17(13-21(20)32(25,29)30)23(28)31-15-18-14-27(19-9-5-2-6-10-19)26-22(18)16-7-3-1-4-8-16/h1-14H,15H2,(H2,25,29,30). The average molecular weight is 468 g/mol. The monoisotopic (exact) mass is 467 g/mol. The molecule has 0 saturated carbocycles. The molecule has 0 atom stereocenters. The molecule has 0 fully saturated rings. The number of esters is 1. The number of benzene rings is 3. The SMILES string of the molecule is NS(=O)(=O)c1cc(C(=O)OCc2cn(-c3ccccc3)nc2-c2ccccc2)ccc1Cl. The number of para-hydroxylation sites is 1. The Morgan fingerprint density at radius 1 is 1.00 bits per heavy atom. The third kappa shape index (κ3) is 4.72. The van der Waals surface area contributed by atoms with E-state index in [1.807, 2.05) is 60.7 Å². The normalized spacial score (nSPS) is 11.3. The van der Waals surface area contributed by atoms with Crippen LogP contribution in [0, 0.1) is 0 Å². The van der Waals surface area contributed by atoms with E-state index in [1.54, 1.807) is 10.9 Å². The molecule has 0 spiro atoms. The zero-order valence-electron chi connectivity index (χ0n) is 16.7. The highest BCUT2D eigenvalue weighted by Gasteiger charge is 2.19. The van der Waals surface area contributed by atoms with Crippen LogP contribution in [0.25, 0.3) is 16.9 Å². The molecule has 32 heavy (non-hydrogen) atoms. The van der Waals surface area contributed by atoms with E-state index >= 15 is 0 Å². The molecule has 0 unspecified atom stereocenters. The predicted octanol–water partition coefficient (Wildman–Crippen LogP) is 4.20. The first-order chi connectivity index (χ1) is 15.3. The van der Waals surface area contributed by atoms with Gasteiger partial charge in [0.1, 0.15) is 11.5 Å². The van der Waals surface area contributed by atoms with Gasteiger partial charge >= 0.3 is 5.97 Å². The minimum absolute atomic E-state index is 0.0233. The van der Waals surface area contributed by atoms with Crippen LogP contribution in [0.1, 0.15) is 15.9 Å². The molecule has 4 aromatic rings. The van der Waals surface area contributed by atoms with E-state index in [0.29, 0.717) is 11.3 Å². The van der Waals surface area contributed by atoms with E-state index in [0.717, 1.165) is 17.3 Å². The van der Waals surface area contributed by atoms with E-state index < -0.39 is 16.0 Å². The van der Waals surface area contributed by atoms with Crippen LogP contribution in [0.2, 0.25) is 5.02 Å². The highest BCUT2D eigenvalue weighted by Crippen LogP contribution is 2.26. The van der Waals surface area contributed by atoms with E-state index in [-0.39, 0.29) is 22.1 Å². The molecule has 9 heteroatoms. The van der Waals surface area contributed by atoms with Gasteiger partial charge in [0.15, 0.2) is 0 Å². The lowest BCUT2D eigenvalue weighted by molar-refractivity contribution is 0.0473. The van der Waals surface area contributed by atoms with Gasteiger partial charge in [0.2, 0.25) is 10.0 Å². The van der Waals surface area contributed by atoms with Crippen LogP contribution in [-0.4, -0.2) is 24.2 Å². The van der Waals surface area contributed by atoms with Crippen molar-refractivity contribution in [2.45, 2.75) is 11.5 Å². The van der Waals surface area contributed by atoms with E-state index in [4.69, 9.17) is 21.5 Å². The summed E-state index contributed by atoms with van der Waals surface area (Å²) in [7, 11) is -4.08. The average Bonchev–Trinajstić information content (AvgIpc) is 3.22. The van der Waals surface area contributed by atoms with Gasteiger partial charge in [-0.2, -0.15) is 5.10 Å². The second-order valence-corrected chi connectivity index (χ2v) is 8.85. The minimum Gasteiger partial charge on any atom is -0.457 e. The fourth-order valence-corrected chi connectivity index (χ4v) is 4.21. The Morgan fingerprint density at radius 3 is 2.31 bits per heavy atom. The number of hydrogen-bond donors (Lipinski definition) is 1. The van der Waals surface area contributed by atoms with Gasteiger partial charge in [-0.3, -0.25) is 0 Å². The van der Waals surface area contributed by atoms with Crippen molar-refractivity contribution in [2.24, 2.45) is 5.14 Å². The molecule has 4 rings (SSSR count). The van der Waals surface area contributed by atoms with Gasteiger partial charge in [-0.25, -0.2) is 23.0 Å². The van der Waals surface area contributed by atoms with Crippen molar-refractivity contribution in [2.75, 3.05) is 0 Å². The second-order valence-electron chi connectivity index (χ2n) is 6.92. The minimum atomic E-state index is -4.08. The Balaban J connectivity index is 1.63. The lowest BCUT2D eigenvalue weighted by Gasteiger charge is -2.07. The van der Waals surface area contributed by atoms with Crippen molar-refractivity contribution in [3.8, 4) is 16.9 Å². The molecule has 2 N–H and O–H groups in total. The molecule has 0 radical (unpaired) electrons. The molecule has 1 heterocycles. The molecule has 3 aromatic carbocycles. The Morgan fingerprint density at radius 2 is 1.66 bits per heavy atom. The van der Waals surface area contributed by atoms with Crippen LogP contribution in [0.4, 0.5) is 0 Å². The summed E-state index contributed by atoms with van der Waals surface area (Å²) in [5.41, 5.74) is 3.11. The molecule has 0 amide bonds. The smallest absolute Gasteiger partial charge is 0.338 e. The van der Waals surface area contributed by atoms with Crippen LogP contribution >= 0.6 is 11.6 Å². The van der Waals surface area contributed by atoms with Crippen LogP contribution in [0.15, 0.2) is 90.0 Å². The number of halogens is 1. The molecule has 0 aliphatic carbocycles. The molecule has 7 nitrogen and oxygen atoms in total. The number of carbonyl (C=O) groups excluding carboxylic acids is 1. The fraction of sp³-hybridized carbons (Fsp3) is 0.0435. The van der Waals surface area contributed by atoms with Gasteiger partial charge in [-0.05, 0) is 30.3 Å². The van der Waals surface area contributed by atoms with Crippen molar-refractivity contribution in [3.05, 3.63) is 101 Å². The Kier molecular flexibility index (Phi) is 6.09. The maximum Gasteiger partial charge on any atom is 0.338 e. The van der Waals surface area contributed by atoms with Gasteiger partial charge in [-0.15, -0.1) is 0 Å². The number of hydrogen-bond acceptors (Lipinski definition) is 5. The fourth-order valence-electron chi connectivity index (χ4n) is 3.14. The maximum absolute atomic E-state index is 12.6. The van der Waals surface area contributed by atoms with Gasteiger partial charge < -0.3 is 4.74 Å². The summed E-state index contributed by atoms with van der Waals surface area (Å²) in [6.45, 7) is -0.0662. The van der Waals surface area contributed by atoms with Crippen LogP contribution in [-0.2, 0) is 21.4 Å². The number of nitrogens with zero attached hydrogens (tertiary/aromatic N) is 2. The summed E-state index contributed by atoms with van der Waals surface area (Å²) in [5, 5.41) is 9.76. The Labute approximate surface area is 190 Å². The van der Waals surface area contributed by atoms with Crippen molar-refractivity contribution in [1.29, 1.82) is 0 Å². The molecule has 0 aliphatic rings. The van der Waals surface area contributed by atoms with E-state index in [1.165, 1.54) is 12.1 Å². The summed E-state index contributed by atoms with van der Waals surface area (Å²) in [4.78, 5) is 12.3. The number of ether oxygens (including phenoxy) is 1. The van der Waals surface area contributed by atoms with Crippen molar-refractivity contribution >= 4 is 27.6 Å². The van der Waals surface area contributed by atoms with E-state index in [2.05, 4.69) is 5.10 Å². The molecular weight excluding hydrogens is 450 g/mol. The van der Waals surface area contributed by atoms with Crippen molar-refractivity contribution < 1.29 is 17.9 Å². The summed E-state index contributed by atoms with van der Waals surface area (Å²) in [6, 6.07) is 22.9. The molecule has 162 valence electrons. The lowest BCUT2D eigenvalue weighted by atomic mass is 10.1. The Bertz CT molecular complexity index is 1370. The zero-order chi connectivity index (χ0) is 22.7. The topological polar surface area (TPSA) is 104 Å². The molecule has 1 aromatic heterocycles. The highest BCUT2D eigenvalue weighted by atomic mass is 35.5. The maximum atomic E-state index is 12.6. The number of nitrogens with two attached hydrogens (primary N) is 1. The van der Waals surface area contributed by atoms with Gasteiger partial charge in [0, 0.05) is 17.3 Å². The number of aromatic nitrogens is 2. The number of rotatable bonds is 6. The summed E-state index contributed by atoms with van der Waals surface area (Å²) >= 11 is 5.89. The number of primary sulfonamides is 1. The lowest BCUT2D eigenvalue weighted by Crippen LogP contribution is -2.14. The van der Waals surface area contributed by atoms with Gasteiger partial charge in [0.05, 0.1) is 22.0 Å². The molecular formula is C23H18ClN3O4S. The third-order valence-corrected chi connectivity index (χ3v) is 6.08. The molecule has 0 saturated heterocycles. The first-order valence-electron chi connectivity index (χ1n) is 9.52. The van der Waals surface area contributed by atoms with Crippen molar-refractivity contribution in [3.63, 3.8) is 0 Å². The molecule has 0 bridgehead atoms. The van der Waals surface area contributed by atoms with Crippen molar-refractivity contribution in [1.82, 2.24) is 9.78 Å². The van der Waals surface area contributed by atoms with Crippen LogP contribution < -0.4 is 5.14 Å². The number of sulfonamides is 1. The molecule has 0 aliphatic heterocycles.